The predicted octanol–water partition coefficient (Wildman–Crippen LogP) is 0.904. The van der Waals surface area contributed by atoms with Gasteiger partial charge in [0.2, 0.25) is 5.91 Å². The first-order chi connectivity index (χ1) is 7.77. The number of nitrogens with one attached hydrogen (secondary N) is 1. The molecule has 0 aromatic rings. The zero-order valence-corrected chi connectivity index (χ0v) is 10.2. The fourth-order valence-electron chi connectivity index (χ4n) is 2.34. The summed E-state index contributed by atoms with van der Waals surface area (Å²) in [7, 11) is 0. The lowest BCUT2D eigenvalue weighted by Crippen LogP contribution is -2.33. The Kier molecular flexibility index (Phi) is 6.42. The van der Waals surface area contributed by atoms with Gasteiger partial charge in [-0.15, -0.1) is 0 Å². The second-order valence-corrected chi connectivity index (χ2v) is 4.44. The van der Waals surface area contributed by atoms with Crippen molar-refractivity contribution in [3.63, 3.8) is 0 Å². The average molecular weight is 228 g/mol. The van der Waals surface area contributed by atoms with Crippen LogP contribution in [0.5, 0.6) is 0 Å². The van der Waals surface area contributed by atoms with Gasteiger partial charge < -0.3 is 15.8 Å². The predicted molar refractivity (Wildman–Crippen MR) is 64.0 cm³/mol. The minimum Gasteiger partial charge on any atom is -0.381 e. The first kappa shape index (κ1) is 13.5. The van der Waals surface area contributed by atoms with E-state index in [0.717, 1.165) is 13.1 Å². The van der Waals surface area contributed by atoms with Crippen molar-refractivity contribution < 1.29 is 9.53 Å². The molecule has 0 heterocycles. The van der Waals surface area contributed by atoms with Crippen molar-refractivity contribution in [3.05, 3.63) is 0 Å². The molecule has 2 unspecified atom stereocenters. The standard InChI is InChI=1S/C12H24N2O2/c1-2-16-7-6-12(15)14-9-11-5-3-4-10(11)8-13/h10-11H,2-9,13H2,1H3,(H,14,15). The van der Waals surface area contributed by atoms with E-state index in [-0.39, 0.29) is 5.91 Å². The number of hydrogen-bond donors (Lipinski definition) is 2. The molecule has 94 valence electrons. The Morgan fingerprint density at radius 1 is 1.44 bits per heavy atom. The van der Waals surface area contributed by atoms with Crippen LogP contribution in [-0.2, 0) is 9.53 Å². The van der Waals surface area contributed by atoms with E-state index in [4.69, 9.17) is 10.5 Å². The SMILES string of the molecule is CCOCCC(=O)NCC1CCCC1CN. The minimum absolute atomic E-state index is 0.0936. The summed E-state index contributed by atoms with van der Waals surface area (Å²) in [6, 6.07) is 0. The van der Waals surface area contributed by atoms with E-state index in [0.29, 0.717) is 31.5 Å². The van der Waals surface area contributed by atoms with Crippen LogP contribution < -0.4 is 11.1 Å². The van der Waals surface area contributed by atoms with Crippen LogP contribution in [-0.4, -0.2) is 32.2 Å². The second kappa shape index (κ2) is 7.63. The van der Waals surface area contributed by atoms with Gasteiger partial charge in [-0.25, -0.2) is 0 Å². The molecule has 1 amide bonds. The molecule has 1 fully saturated rings. The molecule has 1 aliphatic rings. The third-order valence-corrected chi connectivity index (χ3v) is 3.36. The number of hydrogen-bond acceptors (Lipinski definition) is 3. The van der Waals surface area contributed by atoms with Gasteiger partial charge in [-0.3, -0.25) is 4.79 Å². The van der Waals surface area contributed by atoms with Crippen molar-refractivity contribution in [1.29, 1.82) is 0 Å². The maximum Gasteiger partial charge on any atom is 0.222 e. The number of amides is 1. The number of ether oxygens (including phenoxy) is 1. The summed E-state index contributed by atoms with van der Waals surface area (Å²) in [4.78, 5) is 11.4. The first-order valence-electron chi connectivity index (χ1n) is 6.32. The number of carbonyl (C=O) groups excluding carboxylic acids is 1. The van der Waals surface area contributed by atoms with Gasteiger partial charge in [0.1, 0.15) is 0 Å². The van der Waals surface area contributed by atoms with Gasteiger partial charge in [0, 0.05) is 19.6 Å². The van der Waals surface area contributed by atoms with E-state index in [1.807, 2.05) is 6.92 Å². The largest absolute Gasteiger partial charge is 0.381 e. The number of rotatable bonds is 7. The second-order valence-electron chi connectivity index (χ2n) is 4.44. The van der Waals surface area contributed by atoms with Crippen LogP contribution in [0, 0.1) is 11.8 Å². The molecule has 3 N–H and O–H groups in total. The Labute approximate surface area is 97.9 Å². The zero-order valence-electron chi connectivity index (χ0n) is 10.2. The summed E-state index contributed by atoms with van der Waals surface area (Å²) in [5.41, 5.74) is 5.70. The summed E-state index contributed by atoms with van der Waals surface area (Å²) in [6.45, 7) is 4.66. The van der Waals surface area contributed by atoms with Crippen LogP contribution in [0.25, 0.3) is 0 Å². The third-order valence-electron chi connectivity index (χ3n) is 3.36. The molecule has 1 saturated carbocycles. The lowest BCUT2D eigenvalue weighted by atomic mass is 9.96. The van der Waals surface area contributed by atoms with Crippen LogP contribution in [0.4, 0.5) is 0 Å². The van der Waals surface area contributed by atoms with Gasteiger partial charge in [-0.05, 0) is 38.1 Å². The fourth-order valence-corrected chi connectivity index (χ4v) is 2.34. The van der Waals surface area contributed by atoms with Crippen molar-refractivity contribution in [3.8, 4) is 0 Å². The fraction of sp³-hybridized carbons (Fsp3) is 0.917. The van der Waals surface area contributed by atoms with Crippen LogP contribution in [0.1, 0.15) is 32.6 Å². The molecular formula is C12H24N2O2. The summed E-state index contributed by atoms with van der Waals surface area (Å²) in [6.07, 6.45) is 4.14. The summed E-state index contributed by atoms with van der Waals surface area (Å²) < 4.78 is 5.14. The highest BCUT2D eigenvalue weighted by Crippen LogP contribution is 2.30. The number of nitrogens with two attached hydrogens (primary N) is 1. The summed E-state index contributed by atoms with van der Waals surface area (Å²) >= 11 is 0. The normalized spacial score (nSPS) is 24.6. The highest BCUT2D eigenvalue weighted by molar-refractivity contribution is 5.75. The van der Waals surface area contributed by atoms with Crippen molar-refractivity contribution >= 4 is 5.91 Å². The molecule has 1 rings (SSSR count). The molecule has 0 radical (unpaired) electrons. The molecule has 16 heavy (non-hydrogen) atoms. The Hall–Kier alpha value is -0.610. The molecule has 0 aliphatic heterocycles. The Morgan fingerprint density at radius 3 is 2.88 bits per heavy atom. The molecular weight excluding hydrogens is 204 g/mol. The molecule has 4 nitrogen and oxygen atoms in total. The van der Waals surface area contributed by atoms with Gasteiger partial charge in [-0.1, -0.05) is 6.42 Å². The smallest absolute Gasteiger partial charge is 0.222 e. The molecule has 4 heteroatoms. The monoisotopic (exact) mass is 228 g/mol. The van der Waals surface area contributed by atoms with Crippen molar-refractivity contribution in [1.82, 2.24) is 5.32 Å². The Balaban J connectivity index is 2.11. The lowest BCUT2D eigenvalue weighted by molar-refractivity contribution is -0.122. The van der Waals surface area contributed by atoms with Crippen LogP contribution in [0.2, 0.25) is 0 Å². The first-order valence-corrected chi connectivity index (χ1v) is 6.32. The summed E-state index contributed by atoms with van der Waals surface area (Å²) in [5.74, 6) is 1.28. The maximum absolute atomic E-state index is 11.4. The molecule has 0 saturated heterocycles. The highest BCUT2D eigenvalue weighted by atomic mass is 16.5. The molecule has 0 spiro atoms. The Morgan fingerprint density at radius 2 is 2.19 bits per heavy atom. The van der Waals surface area contributed by atoms with Gasteiger partial charge in [0.15, 0.2) is 0 Å². The van der Waals surface area contributed by atoms with Crippen LogP contribution in [0.3, 0.4) is 0 Å². The van der Waals surface area contributed by atoms with Crippen molar-refractivity contribution in [2.45, 2.75) is 32.6 Å². The van der Waals surface area contributed by atoms with Crippen LogP contribution >= 0.6 is 0 Å². The van der Waals surface area contributed by atoms with Gasteiger partial charge >= 0.3 is 0 Å². The zero-order chi connectivity index (χ0) is 11.8. The lowest BCUT2D eigenvalue weighted by Gasteiger charge is -2.18. The maximum atomic E-state index is 11.4. The van der Waals surface area contributed by atoms with E-state index < -0.39 is 0 Å². The molecule has 0 aromatic carbocycles. The molecule has 0 aromatic heterocycles. The topological polar surface area (TPSA) is 64.3 Å². The average Bonchev–Trinajstić information content (AvgIpc) is 2.74. The quantitative estimate of drug-likeness (QED) is 0.636. The van der Waals surface area contributed by atoms with Crippen molar-refractivity contribution in [2.24, 2.45) is 17.6 Å². The van der Waals surface area contributed by atoms with E-state index >= 15 is 0 Å². The van der Waals surface area contributed by atoms with E-state index in [2.05, 4.69) is 5.32 Å². The minimum atomic E-state index is 0.0936. The van der Waals surface area contributed by atoms with Gasteiger partial charge in [0.25, 0.3) is 0 Å². The third kappa shape index (κ3) is 4.49. The van der Waals surface area contributed by atoms with Crippen LogP contribution in [0.15, 0.2) is 0 Å². The molecule has 2 atom stereocenters. The number of carbonyl (C=O) groups is 1. The molecule has 1 aliphatic carbocycles. The van der Waals surface area contributed by atoms with E-state index in [1.165, 1.54) is 19.3 Å². The van der Waals surface area contributed by atoms with Gasteiger partial charge in [-0.2, -0.15) is 0 Å². The molecule has 0 bridgehead atoms. The van der Waals surface area contributed by atoms with E-state index in [1.54, 1.807) is 0 Å². The summed E-state index contributed by atoms with van der Waals surface area (Å²) in [5, 5.41) is 2.97. The Bertz CT molecular complexity index is 209. The highest BCUT2D eigenvalue weighted by Gasteiger charge is 2.25. The van der Waals surface area contributed by atoms with Crippen molar-refractivity contribution in [2.75, 3.05) is 26.3 Å². The van der Waals surface area contributed by atoms with E-state index in [9.17, 15) is 4.79 Å². The van der Waals surface area contributed by atoms with Gasteiger partial charge in [0.05, 0.1) is 6.61 Å².